The molecule has 3 heterocycles. The zero-order valence-corrected chi connectivity index (χ0v) is 29.2. The number of hydrogen-bond donors (Lipinski definition) is 1. The van der Waals surface area contributed by atoms with E-state index in [0.717, 1.165) is 0 Å². The molecule has 20 heteroatoms. The fourth-order valence-electron chi connectivity index (χ4n) is 3.20. The van der Waals surface area contributed by atoms with Gasteiger partial charge in [0.2, 0.25) is 5.91 Å². The molecule has 2 atom stereocenters. The van der Waals surface area contributed by atoms with Crippen molar-refractivity contribution in [3.8, 4) is 0 Å². The van der Waals surface area contributed by atoms with Crippen LogP contribution in [0.4, 0.5) is 0 Å². The summed E-state index contributed by atoms with van der Waals surface area (Å²) in [4.78, 5) is 79.2. The standard InChI is InChI=1S/C14H21N5O9P2.4Na/c20-11(1-3-29(22,23)24)18-5-9(10(6-18)28-2-4-30(25,26)27)19-8-17-12-13(19)15-7-16-14(12)21;;;;/h7-10H,1-6H2,(H,15,16,21)(H2,22,23,24)(H2,25,26,27);;;;/q;4*+1/p-4/t9-,10?;;;;/m1..../s1. The maximum Gasteiger partial charge on any atom is 1.00 e. The molecule has 1 aliphatic rings. The summed E-state index contributed by atoms with van der Waals surface area (Å²) in [6.45, 7) is -0.446. The van der Waals surface area contributed by atoms with Crippen LogP contribution in [0.5, 0.6) is 0 Å². The summed E-state index contributed by atoms with van der Waals surface area (Å²) in [6, 6.07) is -0.641. The molecule has 1 aliphatic heterocycles. The zero-order chi connectivity index (χ0) is 22.1. The molecule has 1 N–H and O–H groups in total. The van der Waals surface area contributed by atoms with Gasteiger partial charge in [0.15, 0.2) is 11.2 Å². The molecule has 0 saturated carbocycles. The van der Waals surface area contributed by atoms with Crippen LogP contribution in [0.1, 0.15) is 12.5 Å². The average Bonchev–Trinajstić information content (AvgIpc) is 3.23. The number of imidazole rings is 1. The van der Waals surface area contributed by atoms with Gasteiger partial charge in [0, 0.05) is 19.5 Å². The van der Waals surface area contributed by atoms with Gasteiger partial charge in [-0.25, -0.2) is 9.97 Å². The Labute approximate surface area is 282 Å². The fourth-order valence-corrected chi connectivity index (χ4v) is 4.00. The SMILES string of the molecule is O=C(CCP(=O)([O-])[O-])N1CC(OCCP(=O)([O-])[O-])[C@H](n2cnc3c(=O)[nH]cnc32)C1.[Na+].[Na+].[Na+].[Na+]. The van der Waals surface area contributed by atoms with Crippen LogP contribution in [-0.4, -0.2) is 68.5 Å². The topological polar surface area (TPSA) is 219 Å². The van der Waals surface area contributed by atoms with E-state index in [2.05, 4.69) is 15.0 Å². The second-order valence-electron chi connectivity index (χ2n) is 6.75. The number of rotatable bonds is 8. The summed E-state index contributed by atoms with van der Waals surface area (Å²) in [5, 5.41) is 0. The molecule has 0 bridgehead atoms. The monoisotopic (exact) mass is 553 g/mol. The number of carbonyl (C=O) groups excluding carboxylic acids is 1. The molecule has 2 aromatic rings. The second-order valence-corrected chi connectivity index (χ2v) is 10.1. The first-order valence-electron chi connectivity index (χ1n) is 8.76. The summed E-state index contributed by atoms with van der Waals surface area (Å²) in [5.41, 5.74) is -0.237. The van der Waals surface area contributed by atoms with Crippen molar-refractivity contribution in [1.82, 2.24) is 24.4 Å². The van der Waals surface area contributed by atoms with Crippen molar-refractivity contribution in [2.45, 2.75) is 18.6 Å². The Hall–Kier alpha value is 2.08. The molecular weight excluding hydrogens is 536 g/mol. The number of nitrogens with one attached hydrogen (secondary N) is 1. The van der Waals surface area contributed by atoms with Crippen molar-refractivity contribution in [3.05, 3.63) is 23.0 Å². The maximum absolute atomic E-state index is 12.3. The van der Waals surface area contributed by atoms with Gasteiger partial charge in [-0.15, -0.1) is 0 Å². The third kappa shape index (κ3) is 11.1. The number of aromatic nitrogens is 4. The normalized spacial score (nSPS) is 17.8. The molecule has 14 nitrogen and oxygen atoms in total. The number of carbonyl (C=O) groups is 1. The molecular formula is C14H17N5Na4O9P2. The third-order valence-corrected chi connectivity index (χ3v) is 6.11. The Morgan fingerprint density at radius 2 is 1.68 bits per heavy atom. The molecule has 166 valence electrons. The van der Waals surface area contributed by atoms with Crippen LogP contribution < -0.4 is 143 Å². The van der Waals surface area contributed by atoms with Crippen LogP contribution in [0.3, 0.4) is 0 Å². The largest absolute Gasteiger partial charge is 1.00 e. The van der Waals surface area contributed by atoms with E-state index in [-0.39, 0.29) is 142 Å². The number of H-pyrrole nitrogens is 1. The average molecular weight is 553 g/mol. The van der Waals surface area contributed by atoms with E-state index in [4.69, 9.17) is 4.74 Å². The minimum absolute atomic E-state index is 0. The number of likely N-dealkylation sites (tertiary alicyclic amines) is 1. The quantitative estimate of drug-likeness (QED) is 0.239. The van der Waals surface area contributed by atoms with Gasteiger partial charge in [-0.3, -0.25) is 9.59 Å². The van der Waals surface area contributed by atoms with E-state index in [9.17, 15) is 38.3 Å². The van der Waals surface area contributed by atoms with Crippen molar-refractivity contribution in [2.75, 3.05) is 32.0 Å². The van der Waals surface area contributed by atoms with Crippen molar-refractivity contribution in [3.63, 3.8) is 0 Å². The molecule has 1 saturated heterocycles. The van der Waals surface area contributed by atoms with Crippen molar-refractivity contribution >= 4 is 32.3 Å². The molecule has 1 unspecified atom stereocenters. The molecule has 3 rings (SSSR count). The first-order valence-corrected chi connectivity index (χ1v) is 12.2. The number of aromatic amines is 1. The molecule has 0 aliphatic carbocycles. The molecule has 34 heavy (non-hydrogen) atoms. The summed E-state index contributed by atoms with van der Waals surface area (Å²) < 4.78 is 28.7. The third-order valence-electron chi connectivity index (χ3n) is 4.61. The van der Waals surface area contributed by atoms with Crippen LogP contribution in [0.2, 0.25) is 0 Å². The number of amides is 1. The summed E-state index contributed by atoms with van der Waals surface area (Å²) in [6.07, 6.45) is -0.395. The first-order chi connectivity index (χ1) is 13.9. The van der Waals surface area contributed by atoms with E-state index in [1.54, 1.807) is 0 Å². The molecule has 0 aromatic carbocycles. The van der Waals surface area contributed by atoms with Crippen LogP contribution in [-0.2, 0) is 18.7 Å². The number of fused-ring (bicyclic) bond motifs is 1. The molecule has 1 fully saturated rings. The van der Waals surface area contributed by atoms with Crippen LogP contribution in [0.25, 0.3) is 11.2 Å². The van der Waals surface area contributed by atoms with Gasteiger partial charge in [0.1, 0.15) is 0 Å². The van der Waals surface area contributed by atoms with Gasteiger partial charge in [0.25, 0.3) is 5.56 Å². The Kier molecular flexibility index (Phi) is 18.3. The van der Waals surface area contributed by atoms with E-state index in [1.807, 2.05) is 0 Å². The minimum atomic E-state index is -4.86. The number of nitrogens with zero attached hydrogens (tertiary/aromatic N) is 4. The van der Waals surface area contributed by atoms with Crippen LogP contribution in [0.15, 0.2) is 17.4 Å². The Morgan fingerprint density at radius 1 is 1.06 bits per heavy atom. The molecule has 0 spiro atoms. The fraction of sp³-hybridized carbons (Fsp3) is 0.571. The molecule has 0 radical (unpaired) electrons. The molecule has 1 amide bonds. The second kappa shape index (κ2) is 16.2. The summed E-state index contributed by atoms with van der Waals surface area (Å²) in [7, 11) is -9.65. The maximum atomic E-state index is 12.3. The predicted molar refractivity (Wildman–Crippen MR) is 93.1 cm³/mol. The van der Waals surface area contributed by atoms with Gasteiger partial charge in [-0.1, -0.05) is 15.2 Å². The van der Waals surface area contributed by atoms with Gasteiger partial charge < -0.3 is 47.9 Å². The number of hydrogen-bond acceptors (Lipinski definition) is 11. The molecule has 2 aromatic heterocycles. The van der Waals surface area contributed by atoms with E-state index in [0.29, 0.717) is 0 Å². The van der Waals surface area contributed by atoms with Gasteiger partial charge in [-0.05, 0) is 12.3 Å². The Balaban J connectivity index is 0. The van der Waals surface area contributed by atoms with Crippen molar-refractivity contribution in [1.29, 1.82) is 0 Å². The van der Waals surface area contributed by atoms with Crippen LogP contribution in [0, 0.1) is 0 Å². The summed E-state index contributed by atoms with van der Waals surface area (Å²) in [5.74, 6) is -0.605. The number of ether oxygens (including phenoxy) is 1. The van der Waals surface area contributed by atoms with Gasteiger partial charge >= 0.3 is 118 Å². The van der Waals surface area contributed by atoms with Gasteiger partial charge in [0.05, 0.1) is 31.4 Å². The van der Waals surface area contributed by atoms with Gasteiger partial charge in [-0.2, -0.15) is 0 Å². The van der Waals surface area contributed by atoms with E-state index < -0.39 is 64.2 Å². The first kappa shape index (κ1) is 38.2. The zero-order valence-electron chi connectivity index (χ0n) is 19.4. The smallest absolute Gasteiger partial charge is 0.811 e. The van der Waals surface area contributed by atoms with Crippen molar-refractivity contribution in [2.24, 2.45) is 0 Å². The Bertz CT molecular complexity index is 1090. The van der Waals surface area contributed by atoms with Crippen LogP contribution >= 0.6 is 15.2 Å². The van der Waals surface area contributed by atoms with E-state index in [1.165, 1.54) is 22.1 Å². The summed E-state index contributed by atoms with van der Waals surface area (Å²) >= 11 is 0. The van der Waals surface area contributed by atoms with Crippen molar-refractivity contribution < 1.29 is 156 Å². The Morgan fingerprint density at radius 3 is 2.26 bits per heavy atom. The minimum Gasteiger partial charge on any atom is -0.811 e. The predicted octanol–water partition coefficient (Wildman–Crippen LogP) is -15.9. The van der Waals surface area contributed by atoms with E-state index >= 15 is 0 Å².